The molecule has 0 radical (unpaired) electrons. The number of hydrogen-bond donors (Lipinski definition) is 1. The quantitative estimate of drug-likeness (QED) is 0.805. The summed E-state index contributed by atoms with van der Waals surface area (Å²) in [5.74, 6) is 0.362. The second-order valence-corrected chi connectivity index (χ2v) is 4.75. The number of nitrogens with zero attached hydrogens (tertiary/aromatic N) is 1. The predicted molar refractivity (Wildman–Crippen MR) is 60.7 cm³/mol. The number of hydrogen-bond acceptors (Lipinski definition) is 1. The molecule has 72 valence electrons. The fraction of sp³-hybridized carbons (Fsp3) is 0.300. The second kappa shape index (κ2) is 2.92. The van der Waals surface area contributed by atoms with Crippen molar-refractivity contribution in [2.75, 3.05) is 0 Å². The third-order valence-electron chi connectivity index (χ3n) is 2.62. The Bertz CT molecular complexity index is 502. The summed E-state index contributed by atoms with van der Waals surface area (Å²) in [4.78, 5) is 7.04. The third-order valence-corrected chi connectivity index (χ3v) is 3.78. The number of pyridine rings is 1. The zero-order valence-electron chi connectivity index (χ0n) is 7.35. The van der Waals surface area contributed by atoms with Gasteiger partial charge in [-0.2, -0.15) is 0 Å². The van der Waals surface area contributed by atoms with E-state index in [1.165, 1.54) is 24.7 Å². The molecule has 1 saturated carbocycles. The Morgan fingerprint density at radius 1 is 1.43 bits per heavy atom. The van der Waals surface area contributed by atoms with Gasteiger partial charge in [0.05, 0.1) is 11.7 Å². The highest BCUT2D eigenvalue weighted by atomic mass is 127. The van der Waals surface area contributed by atoms with Gasteiger partial charge in [0.1, 0.15) is 0 Å². The molecule has 0 saturated heterocycles. The smallest absolute Gasteiger partial charge is 0.165 e. The van der Waals surface area contributed by atoms with E-state index in [1.807, 2.05) is 0 Å². The Hall–Kier alpha value is -0.650. The van der Waals surface area contributed by atoms with Crippen molar-refractivity contribution in [3.63, 3.8) is 0 Å². The van der Waals surface area contributed by atoms with Crippen molar-refractivity contribution < 1.29 is 4.39 Å². The minimum Gasteiger partial charge on any atom is -0.355 e. The molecule has 14 heavy (non-hydrogen) atoms. The summed E-state index contributed by atoms with van der Waals surface area (Å²) in [6, 6.07) is 0. The molecule has 0 unspecified atom stereocenters. The predicted octanol–water partition coefficient (Wildman–Crippen LogP) is 3.18. The standard InChI is InChI=1S/C10H8FIN2/c11-7-4-13-3-6-8(12)9(5-1-2-5)14-10(6)7/h3-5,14H,1-2H2. The minimum absolute atomic E-state index is 0.257. The molecule has 2 aromatic heterocycles. The highest BCUT2D eigenvalue weighted by Gasteiger charge is 2.28. The first kappa shape index (κ1) is 8.64. The van der Waals surface area contributed by atoms with Gasteiger partial charge >= 0.3 is 0 Å². The number of H-pyrrole nitrogens is 1. The molecule has 1 fully saturated rings. The number of fused-ring (bicyclic) bond motifs is 1. The molecule has 4 heteroatoms. The van der Waals surface area contributed by atoms with Crippen LogP contribution in [0.4, 0.5) is 4.39 Å². The van der Waals surface area contributed by atoms with Crippen LogP contribution < -0.4 is 0 Å². The van der Waals surface area contributed by atoms with Gasteiger partial charge in [-0.3, -0.25) is 4.98 Å². The zero-order valence-corrected chi connectivity index (χ0v) is 9.51. The summed E-state index contributed by atoms with van der Waals surface area (Å²) in [5, 5.41) is 0.910. The van der Waals surface area contributed by atoms with Gasteiger partial charge in [0, 0.05) is 26.8 Å². The molecule has 0 bridgehead atoms. The molecule has 1 N–H and O–H groups in total. The van der Waals surface area contributed by atoms with Gasteiger partial charge < -0.3 is 4.98 Å². The van der Waals surface area contributed by atoms with Gasteiger partial charge in [-0.05, 0) is 35.4 Å². The average Bonchev–Trinajstić information content (AvgIpc) is 2.94. The Morgan fingerprint density at radius 2 is 2.21 bits per heavy atom. The number of nitrogens with one attached hydrogen (secondary N) is 1. The first-order valence-electron chi connectivity index (χ1n) is 4.58. The van der Waals surface area contributed by atoms with Crippen LogP contribution in [-0.4, -0.2) is 9.97 Å². The number of aromatic amines is 1. The van der Waals surface area contributed by atoms with E-state index in [2.05, 4.69) is 32.6 Å². The van der Waals surface area contributed by atoms with Gasteiger partial charge in [0.25, 0.3) is 0 Å². The molecule has 2 aromatic rings. The van der Waals surface area contributed by atoms with E-state index in [-0.39, 0.29) is 5.82 Å². The maximum Gasteiger partial charge on any atom is 0.165 e. The van der Waals surface area contributed by atoms with E-state index < -0.39 is 0 Å². The fourth-order valence-electron chi connectivity index (χ4n) is 1.72. The second-order valence-electron chi connectivity index (χ2n) is 3.67. The molecular formula is C10H8FIN2. The van der Waals surface area contributed by atoms with Gasteiger partial charge in [-0.25, -0.2) is 4.39 Å². The lowest BCUT2D eigenvalue weighted by Gasteiger charge is -1.91. The molecule has 2 heterocycles. The molecule has 0 amide bonds. The van der Waals surface area contributed by atoms with E-state index >= 15 is 0 Å². The maximum absolute atomic E-state index is 13.4. The number of aromatic nitrogens is 2. The highest BCUT2D eigenvalue weighted by molar-refractivity contribution is 14.1. The van der Waals surface area contributed by atoms with E-state index in [9.17, 15) is 4.39 Å². The van der Waals surface area contributed by atoms with Gasteiger partial charge in [-0.1, -0.05) is 0 Å². The molecular weight excluding hydrogens is 294 g/mol. The van der Waals surface area contributed by atoms with Crippen LogP contribution in [0, 0.1) is 9.39 Å². The lowest BCUT2D eigenvalue weighted by molar-refractivity contribution is 0.631. The Morgan fingerprint density at radius 3 is 2.86 bits per heavy atom. The summed E-state index contributed by atoms with van der Waals surface area (Å²) in [6.07, 6.45) is 5.42. The molecule has 1 aliphatic rings. The molecule has 3 rings (SSSR count). The topological polar surface area (TPSA) is 28.7 Å². The van der Waals surface area contributed by atoms with E-state index in [1.54, 1.807) is 6.20 Å². The normalized spacial score (nSPS) is 16.4. The van der Waals surface area contributed by atoms with Gasteiger partial charge in [0.2, 0.25) is 0 Å². The Balaban J connectivity index is 2.33. The first-order valence-corrected chi connectivity index (χ1v) is 5.66. The van der Waals surface area contributed by atoms with Crippen LogP contribution in [0.15, 0.2) is 12.4 Å². The number of halogens is 2. The van der Waals surface area contributed by atoms with Crippen LogP contribution in [-0.2, 0) is 0 Å². The van der Waals surface area contributed by atoms with Crippen molar-refractivity contribution >= 4 is 33.5 Å². The number of rotatable bonds is 1. The van der Waals surface area contributed by atoms with Crippen molar-refractivity contribution in [2.24, 2.45) is 0 Å². The van der Waals surface area contributed by atoms with Gasteiger partial charge in [-0.15, -0.1) is 0 Å². The van der Waals surface area contributed by atoms with Gasteiger partial charge in [0.15, 0.2) is 5.82 Å². The molecule has 2 nitrogen and oxygen atoms in total. The third kappa shape index (κ3) is 1.16. The zero-order chi connectivity index (χ0) is 9.71. The minimum atomic E-state index is -0.257. The van der Waals surface area contributed by atoms with Crippen molar-refractivity contribution in [3.05, 3.63) is 27.5 Å². The van der Waals surface area contributed by atoms with E-state index in [0.717, 1.165) is 8.96 Å². The Labute approximate surface area is 94.1 Å². The summed E-state index contributed by atoms with van der Waals surface area (Å²) >= 11 is 2.27. The monoisotopic (exact) mass is 302 g/mol. The van der Waals surface area contributed by atoms with Crippen molar-refractivity contribution in [3.8, 4) is 0 Å². The van der Waals surface area contributed by atoms with Crippen molar-refractivity contribution in [1.29, 1.82) is 0 Å². The van der Waals surface area contributed by atoms with Crippen LogP contribution in [0.25, 0.3) is 10.9 Å². The van der Waals surface area contributed by atoms with Crippen molar-refractivity contribution in [1.82, 2.24) is 9.97 Å². The summed E-state index contributed by atoms with van der Waals surface area (Å²) < 4.78 is 14.5. The maximum atomic E-state index is 13.4. The SMILES string of the molecule is Fc1cncc2c(I)c(C3CC3)[nH]c12. The van der Waals surface area contributed by atoms with E-state index in [4.69, 9.17) is 0 Å². The van der Waals surface area contributed by atoms with Crippen LogP contribution in [0.5, 0.6) is 0 Å². The van der Waals surface area contributed by atoms with Crippen molar-refractivity contribution in [2.45, 2.75) is 18.8 Å². The molecule has 0 aliphatic heterocycles. The molecule has 0 atom stereocenters. The van der Waals surface area contributed by atoms with E-state index in [0.29, 0.717) is 11.4 Å². The summed E-state index contributed by atoms with van der Waals surface area (Å²) in [6.45, 7) is 0. The summed E-state index contributed by atoms with van der Waals surface area (Å²) in [5.41, 5.74) is 1.79. The first-order chi connectivity index (χ1) is 6.77. The summed E-state index contributed by atoms with van der Waals surface area (Å²) in [7, 11) is 0. The lowest BCUT2D eigenvalue weighted by atomic mass is 10.2. The molecule has 0 aromatic carbocycles. The molecule has 0 spiro atoms. The lowest BCUT2D eigenvalue weighted by Crippen LogP contribution is -1.81. The van der Waals surface area contributed by atoms with Crippen LogP contribution in [0.3, 0.4) is 0 Å². The highest BCUT2D eigenvalue weighted by Crippen LogP contribution is 2.43. The Kier molecular flexibility index (Phi) is 1.80. The van der Waals surface area contributed by atoms with Crippen LogP contribution in [0.2, 0.25) is 0 Å². The van der Waals surface area contributed by atoms with Crippen LogP contribution >= 0.6 is 22.6 Å². The fourth-order valence-corrected chi connectivity index (χ4v) is 2.70. The average molecular weight is 302 g/mol. The largest absolute Gasteiger partial charge is 0.355 e. The van der Waals surface area contributed by atoms with Crippen LogP contribution in [0.1, 0.15) is 24.5 Å². The molecule has 1 aliphatic carbocycles.